The topological polar surface area (TPSA) is 62.0 Å². The molecule has 0 bridgehead atoms. The van der Waals surface area contributed by atoms with Crippen LogP contribution in [0.2, 0.25) is 0 Å². The van der Waals surface area contributed by atoms with Gasteiger partial charge in [0.1, 0.15) is 0 Å². The second-order valence-corrected chi connectivity index (χ2v) is 6.53. The van der Waals surface area contributed by atoms with Crippen molar-refractivity contribution >= 4 is 17.3 Å². The van der Waals surface area contributed by atoms with Crippen LogP contribution in [0, 0.1) is 13.8 Å². The summed E-state index contributed by atoms with van der Waals surface area (Å²) in [6, 6.07) is 18.9. The zero-order chi connectivity index (χ0) is 19.4. The normalized spacial score (nSPS) is 11.1. The van der Waals surface area contributed by atoms with Crippen LogP contribution in [0.1, 0.15) is 34.0 Å². The SMILES string of the molecule is CCc1c(C)ccc(-c2ccc(C(=O)O)cc2)c1N=Nc1cccc(C)c1. The molecule has 1 N–H and O–H groups in total. The molecule has 0 spiro atoms. The molecule has 0 saturated carbocycles. The summed E-state index contributed by atoms with van der Waals surface area (Å²) in [5, 5.41) is 18.2. The Bertz CT molecular complexity index is 1010. The highest BCUT2D eigenvalue weighted by molar-refractivity contribution is 5.89. The summed E-state index contributed by atoms with van der Waals surface area (Å²) in [6.07, 6.45) is 0.842. The lowest BCUT2D eigenvalue weighted by Gasteiger charge is -2.13. The third kappa shape index (κ3) is 4.11. The first-order valence-corrected chi connectivity index (χ1v) is 8.94. The quantitative estimate of drug-likeness (QED) is 0.519. The first kappa shape index (κ1) is 18.5. The Hall–Kier alpha value is -3.27. The predicted octanol–water partition coefficient (Wildman–Crippen LogP) is 6.65. The number of carbonyl (C=O) groups is 1. The number of carboxylic acid groups (broad SMARTS) is 1. The van der Waals surface area contributed by atoms with E-state index in [0.29, 0.717) is 0 Å². The van der Waals surface area contributed by atoms with Gasteiger partial charge in [-0.3, -0.25) is 0 Å². The summed E-state index contributed by atoms with van der Waals surface area (Å²) >= 11 is 0. The summed E-state index contributed by atoms with van der Waals surface area (Å²) in [5.74, 6) is -0.931. The maximum absolute atomic E-state index is 11.1. The van der Waals surface area contributed by atoms with E-state index >= 15 is 0 Å². The van der Waals surface area contributed by atoms with E-state index in [1.165, 1.54) is 5.56 Å². The molecule has 0 aromatic heterocycles. The molecule has 3 aromatic rings. The molecule has 0 unspecified atom stereocenters. The van der Waals surface area contributed by atoms with Crippen LogP contribution in [-0.4, -0.2) is 11.1 Å². The molecule has 0 fully saturated rings. The van der Waals surface area contributed by atoms with E-state index in [1.807, 2.05) is 49.4 Å². The first-order valence-electron chi connectivity index (χ1n) is 8.94. The molecule has 0 amide bonds. The molecule has 4 heteroatoms. The third-order valence-corrected chi connectivity index (χ3v) is 4.58. The van der Waals surface area contributed by atoms with Crippen LogP contribution in [0.25, 0.3) is 11.1 Å². The van der Waals surface area contributed by atoms with Crippen molar-refractivity contribution in [2.24, 2.45) is 10.2 Å². The lowest BCUT2D eigenvalue weighted by molar-refractivity contribution is 0.0697. The lowest BCUT2D eigenvalue weighted by Crippen LogP contribution is -1.95. The Morgan fingerprint density at radius 3 is 2.33 bits per heavy atom. The van der Waals surface area contributed by atoms with Gasteiger partial charge in [0.15, 0.2) is 0 Å². The third-order valence-electron chi connectivity index (χ3n) is 4.58. The Kier molecular flexibility index (Phi) is 5.46. The van der Waals surface area contributed by atoms with E-state index in [4.69, 9.17) is 5.11 Å². The molecule has 27 heavy (non-hydrogen) atoms. The number of azo groups is 1. The van der Waals surface area contributed by atoms with Gasteiger partial charge >= 0.3 is 5.97 Å². The highest BCUT2D eigenvalue weighted by Gasteiger charge is 2.13. The number of benzene rings is 3. The monoisotopic (exact) mass is 358 g/mol. The van der Waals surface area contributed by atoms with Crippen molar-refractivity contribution in [3.63, 3.8) is 0 Å². The highest BCUT2D eigenvalue weighted by Crippen LogP contribution is 2.37. The fourth-order valence-corrected chi connectivity index (χ4v) is 3.12. The molecule has 0 saturated heterocycles. The number of aromatic carboxylic acids is 1. The van der Waals surface area contributed by atoms with Crippen molar-refractivity contribution in [1.29, 1.82) is 0 Å². The van der Waals surface area contributed by atoms with Crippen LogP contribution < -0.4 is 0 Å². The van der Waals surface area contributed by atoms with Gasteiger partial charge in [-0.25, -0.2) is 4.79 Å². The van der Waals surface area contributed by atoms with Crippen LogP contribution >= 0.6 is 0 Å². The Labute approximate surface area is 159 Å². The fraction of sp³-hybridized carbons (Fsp3) is 0.174. The standard InChI is InChI=1S/C23H22N2O2/c1-4-20-16(3)8-13-21(17-9-11-18(12-10-17)23(26)27)22(20)25-24-19-7-5-6-15(2)14-19/h5-14H,4H2,1-3H3,(H,26,27). The molecule has 136 valence electrons. The number of nitrogens with zero attached hydrogens (tertiary/aromatic N) is 2. The second kappa shape index (κ2) is 7.96. The average molecular weight is 358 g/mol. The first-order chi connectivity index (χ1) is 13.0. The maximum atomic E-state index is 11.1. The number of rotatable bonds is 5. The fourth-order valence-electron chi connectivity index (χ4n) is 3.12. The molecule has 3 aromatic carbocycles. The zero-order valence-corrected chi connectivity index (χ0v) is 15.7. The molecular formula is C23H22N2O2. The van der Waals surface area contributed by atoms with E-state index in [2.05, 4.69) is 30.1 Å². The minimum Gasteiger partial charge on any atom is -0.478 e. The molecule has 0 atom stereocenters. The van der Waals surface area contributed by atoms with Gasteiger partial charge in [-0.15, -0.1) is 5.11 Å². The summed E-state index contributed by atoms with van der Waals surface area (Å²) in [6.45, 7) is 6.20. The number of aryl methyl sites for hydroxylation is 2. The summed E-state index contributed by atoms with van der Waals surface area (Å²) in [7, 11) is 0. The van der Waals surface area contributed by atoms with E-state index < -0.39 is 5.97 Å². The Balaban J connectivity index is 2.10. The smallest absolute Gasteiger partial charge is 0.335 e. The summed E-state index contributed by atoms with van der Waals surface area (Å²) in [5.41, 5.74) is 7.24. The van der Waals surface area contributed by atoms with Crippen molar-refractivity contribution in [3.8, 4) is 11.1 Å². The molecule has 0 aliphatic rings. The van der Waals surface area contributed by atoms with Gasteiger partial charge in [0.25, 0.3) is 0 Å². The number of hydrogen-bond acceptors (Lipinski definition) is 3. The van der Waals surface area contributed by atoms with Crippen LogP contribution in [0.15, 0.2) is 70.9 Å². The minimum absolute atomic E-state index is 0.268. The van der Waals surface area contributed by atoms with Crippen molar-refractivity contribution in [1.82, 2.24) is 0 Å². The van der Waals surface area contributed by atoms with Crippen LogP contribution in [0.3, 0.4) is 0 Å². The van der Waals surface area contributed by atoms with Gasteiger partial charge in [-0.1, -0.05) is 43.3 Å². The largest absolute Gasteiger partial charge is 0.478 e. The summed E-state index contributed by atoms with van der Waals surface area (Å²) in [4.78, 5) is 11.1. The highest BCUT2D eigenvalue weighted by atomic mass is 16.4. The number of carboxylic acids is 1. The average Bonchev–Trinajstić information content (AvgIpc) is 2.66. The predicted molar refractivity (Wildman–Crippen MR) is 108 cm³/mol. The van der Waals surface area contributed by atoms with Crippen LogP contribution in [0.4, 0.5) is 11.4 Å². The van der Waals surface area contributed by atoms with Crippen molar-refractivity contribution < 1.29 is 9.90 Å². The molecule has 0 aliphatic carbocycles. The van der Waals surface area contributed by atoms with Crippen molar-refractivity contribution in [3.05, 3.63) is 82.9 Å². The molecule has 0 radical (unpaired) electrons. The van der Waals surface area contributed by atoms with Gasteiger partial charge < -0.3 is 5.11 Å². The Morgan fingerprint density at radius 2 is 1.70 bits per heavy atom. The summed E-state index contributed by atoms with van der Waals surface area (Å²) < 4.78 is 0. The van der Waals surface area contributed by atoms with E-state index in [0.717, 1.165) is 40.0 Å². The van der Waals surface area contributed by atoms with Gasteiger partial charge in [0, 0.05) is 5.56 Å². The minimum atomic E-state index is -0.931. The number of hydrogen-bond donors (Lipinski definition) is 1. The second-order valence-electron chi connectivity index (χ2n) is 6.53. The van der Waals surface area contributed by atoms with Gasteiger partial charge in [0.2, 0.25) is 0 Å². The van der Waals surface area contributed by atoms with Crippen molar-refractivity contribution in [2.45, 2.75) is 27.2 Å². The van der Waals surface area contributed by atoms with Crippen LogP contribution in [0.5, 0.6) is 0 Å². The van der Waals surface area contributed by atoms with E-state index in [-0.39, 0.29) is 5.56 Å². The van der Waals surface area contributed by atoms with E-state index in [1.54, 1.807) is 12.1 Å². The molecule has 3 rings (SSSR count). The molecular weight excluding hydrogens is 336 g/mol. The Morgan fingerprint density at radius 1 is 0.963 bits per heavy atom. The van der Waals surface area contributed by atoms with Crippen molar-refractivity contribution in [2.75, 3.05) is 0 Å². The van der Waals surface area contributed by atoms with Crippen LogP contribution in [-0.2, 0) is 6.42 Å². The maximum Gasteiger partial charge on any atom is 0.335 e. The molecule has 0 aliphatic heterocycles. The lowest BCUT2D eigenvalue weighted by atomic mass is 9.95. The van der Waals surface area contributed by atoms with Gasteiger partial charge in [0.05, 0.1) is 16.9 Å². The van der Waals surface area contributed by atoms with E-state index in [9.17, 15) is 4.79 Å². The molecule has 4 nitrogen and oxygen atoms in total. The molecule has 0 heterocycles. The van der Waals surface area contributed by atoms with Gasteiger partial charge in [-0.05, 0) is 66.8 Å². The zero-order valence-electron chi connectivity index (χ0n) is 15.7. The van der Waals surface area contributed by atoms with Gasteiger partial charge in [-0.2, -0.15) is 5.11 Å².